The van der Waals surface area contributed by atoms with Crippen LogP contribution < -0.4 is 9.80 Å². The Balaban J connectivity index is 1.01. The second-order valence-corrected chi connectivity index (χ2v) is 16.8. The molecule has 0 aliphatic rings. The van der Waals surface area contributed by atoms with E-state index in [4.69, 9.17) is 9.40 Å². The minimum Gasteiger partial charge on any atom is -0.436 e. The van der Waals surface area contributed by atoms with E-state index < -0.39 is 0 Å². The SMILES string of the molecule is c1ccc(-c2nc3c(ccc4ccc5ccc(N(c6ccc7cc(N(c8ccccc8)c8ccccc8)ccc7c6)c6ccc7c(c6)c6ccccc6n7-c6ccccc6)cc5c43)o2)cc1. The van der Waals surface area contributed by atoms with Crippen LogP contribution in [0.3, 0.4) is 0 Å². The van der Waals surface area contributed by atoms with Gasteiger partial charge in [-0.2, -0.15) is 0 Å². The van der Waals surface area contributed by atoms with Gasteiger partial charge < -0.3 is 18.8 Å². The molecule has 5 heteroatoms. The van der Waals surface area contributed by atoms with Crippen LogP contribution >= 0.6 is 0 Å². The standard InChI is InChI=1S/C61H40N4O/c1-5-15-43(16-6-1)61-62-60-58(66-61)36-30-42-26-25-41-27-31-51(39-54(41)59(42)60)64(52-34-35-57-55(40-52)53-23-13-14-24-56(53)65(57)48-21-11-4-12-22-48)50-33-29-44-37-49(32-28-45(44)38-50)63(46-17-7-2-8-18-46)47-19-9-3-10-20-47/h1-40H. The molecule has 2 heterocycles. The number of fused-ring (bicyclic) bond motifs is 9. The molecule has 310 valence electrons. The molecule has 0 fully saturated rings. The van der Waals surface area contributed by atoms with Crippen LogP contribution in [-0.2, 0) is 0 Å². The summed E-state index contributed by atoms with van der Waals surface area (Å²) in [5, 5.41) is 9.13. The van der Waals surface area contributed by atoms with Gasteiger partial charge in [0.15, 0.2) is 5.58 Å². The van der Waals surface area contributed by atoms with E-state index in [9.17, 15) is 0 Å². The summed E-state index contributed by atoms with van der Waals surface area (Å²) in [6, 6.07) is 86.6. The lowest BCUT2D eigenvalue weighted by Crippen LogP contribution is -2.10. The summed E-state index contributed by atoms with van der Waals surface area (Å²) >= 11 is 0. The molecule has 2 aromatic heterocycles. The van der Waals surface area contributed by atoms with Crippen LogP contribution in [0.25, 0.3) is 82.4 Å². The fourth-order valence-electron chi connectivity index (χ4n) is 9.86. The van der Waals surface area contributed by atoms with Crippen molar-refractivity contribution in [3.05, 3.63) is 243 Å². The molecule has 13 aromatic rings. The average molecular weight is 845 g/mol. The first-order valence-corrected chi connectivity index (χ1v) is 22.4. The van der Waals surface area contributed by atoms with Gasteiger partial charge in [-0.3, -0.25) is 0 Å². The minimum atomic E-state index is 0.617. The zero-order chi connectivity index (χ0) is 43.6. The van der Waals surface area contributed by atoms with Crippen molar-refractivity contribution >= 4 is 99.3 Å². The topological polar surface area (TPSA) is 37.4 Å². The molecule has 0 aliphatic heterocycles. The van der Waals surface area contributed by atoms with Crippen molar-refractivity contribution < 1.29 is 4.42 Å². The molecule has 11 aromatic carbocycles. The smallest absolute Gasteiger partial charge is 0.227 e. The van der Waals surface area contributed by atoms with Gasteiger partial charge in [-0.1, -0.05) is 127 Å². The summed E-state index contributed by atoms with van der Waals surface area (Å²) < 4.78 is 8.80. The lowest BCUT2D eigenvalue weighted by atomic mass is 9.99. The third-order valence-corrected chi connectivity index (χ3v) is 12.9. The predicted octanol–water partition coefficient (Wildman–Crippen LogP) is 17.0. The van der Waals surface area contributed by atoms with Crippen molar-refractivity contribution in [2.75, 3.05) is 9.80 Å². The van der Waals surface area contributed by atoms with Crippen LogP contribution in [-0.4, -0.2) is 9.55 Å². The zero-order valence-electron chi connectivity index (χ0n) is 35.8. The maximum atomic E-state index is 6.43. The van der Waals surface area contributed by atoms with Crippen LogP contribution in [0.15, 0.2) is 247 Å². The number of hydrogen-bond acceptors (Lipinski definition) is 4. The first kappa shape index (κ1) is 37.6. The van der Waals surface area contributed by atoms with Crippen LogP contribution in [0.4, 0.5) is 34.1 Å². The molecule has 0 bridgehead atoms. The Morgan fingerprint density at radius 1 is 0.348 bits per heavy atom. The fraction of sp³-hybridized carbons (Fsp3) is 0. The molecule has 0 spiro atoms. The predicted molar refractivity (Wildman–Crippen MR) is 276 cm³/mol. The molecular formula is C61H40N4O. The lowest BCUT2D eigenvalue weighted by Gasteiger charge is -2.27. The molecule has 0 N–H and O–H groups in total. The van der Waals surface area contributed by atoms with Crippen LogP contribution in [0.1, 0.15) is 0 Å². The molecule has 66 heavy (non-hydrogen) atoms. The number of aromatic nitrogens is 2. The van der Waals surface area contributed by atoms with Crippen molar-refractivity contribution in [1.29, 1.82) is 0 Å². The van der Waals surface area contributed by atoms with E-state index in [2.05, 4.69) is 221 Å². The number of nitrogens with zero attached hydrogens (tertiary/aromatic N) is 4. The largest absolute Gasteiger partial charge is 0.436 e. The summed E-state index contributed by atoms with van der Waals surface area (Å²) in [6.45, 7) is 0. The van der Waals surface area contributed by atoms with E-state index in [0.717, 1.165) is 94.3 Å². The summed E-state index contributed by atoms with van der Waals surface area (Å²) in [7, 11) is 0. The molecule has 0 aliphatic carbocycles. The minimum absolute atomic E-state index is 0.617. The number of para-hydroxylation sites is 4. The Hall–Kier alpha value is -8.93. The van der Waals surface area contributed by atoms with Gasteiger partial charge in [-0.15, -0.1) is 0 Å². The molecule has 0 saturated carbocycles. The Bertz CT molecular complexity index is 3900. The van der Waals surface area contributed by atoms with Crippen LogP contribution in [0, 0.1) is 0 Å². The second kappa shape index (κ2) is 15.4. The van der Waals surface area contributed by atoms with Gasteiger partial charge in [-0.05, 0) is 142 Å². The highest BCUT2D eigenvalue weighted by Crippen LogP contribution is 2.44. The maximum absolute atomic E-state index is 6.43. The van der Waals surface area contributed by atoms with Gasteiger partial charge in [0.2, 0.25) is 5.89 Å². The van der Waals surface area contributed by atoms with E-state index in [1.54, 1.807) is 0 Å². The van der Waals surface area contributed by atoms with Crippen molar-refractivity contribution in [1.82, 2.24) is 9.55 Å². The molecule has 0 atom stereocenters. The van der Waals surface area contributed by atoms with Gasteiger partial charge >= 0.3 is 0 Å². The average Bonchev–Trinajstić information content (AvgIpc) is 3.97. The van der Waals surface area contributed by atoms with E-state index in [1.165, 1.54) is 16.3 Å². The molecule has 0 saturated heterocycles. The summed E-state index contributed by atoms with van der Waals surface area (Å²) in [5.41, 5.74) is 12.5. The highest BCUT2D eigenvalue weighted by Gasteiger charge is 2.21. The zero-order valence-corrected chi connectivity index (χ0v) is 35.8. The summed E-state index contributed by atoms with van der Waals surface area (Å²) in [6.07, 6.45) is 0. The Kier molecular flexibility index (Phi) is 8.78. The van der Waals surface area contributed by atoms with Crippen molar-refractivity contribution in [2.24, 2.45) is 0 Å². The fourth-order valence-corrected chi connectivity index (χ4v) is 9.86. The van der Waals surface area contributed by atoms with E-state index in [-0.39, 0.29) is 0 Å². The Morgan fingerprint density at radius 3 is 1.52 bits per heavy atom. The summed E-state index contributed by atoms with van der Waals surface area (Å²) in [5.74, 6) is 0.617. The highest BCUT2D eigenvalue weighted by atomic mass is 16.3. The molecule has 5 nitrogen and oxygen atoms in total. The van der Waals surface area contributed by atoms with Gasteiger partial charge in [0.1, 0.15) is 5.52 Å². The molecule has 0 amide bonds. The lowest BCUT2D eigenvalue weighted by molar-refractivity contribution is 0.620. The monoisotopic (exact) mass is 844 g/mol. The van der Waals surface area contributed by atoms with E-state index >= 15 is 0 Å². The van der Waals surface area contributed by atoms with Gasteiger partial charge in [0.25, 0.3) is 0 Å². The third kappa shape index (κ3) is 6.28. The normalized spacial score (nSPS) is 11.6. The second-order valence-electron chi connectivity index (χ2n) is 16.8. The van der Waals surface area contributed by atoms with Crippen LogP contribution in [0.5, 0.6) is 0 Å². The van der Waals surface area contributed by atoms with E-state index in [1.807, 2.05) is 36.4 Å². The van der Waals surface area contributed by atoms with Crippen LogP contribution in [0.2, 0.25) is 0 Å². The molecule has 0 radical (unpaired) electrons. The van der Waals surface area contributed by atoms with Crippen molar-refractivity contribution in [2.45, 2.75) is 0 Å². The number of hydrogen-bond donors (Lipinski definition) is 0. The first-order valence-electron chi connectivity index (χ1n) is 22.4. The number of benzene rings is 11. The van der Waals surface area contributed by atoms with Crippen molar-refractivity contribution in [3.8, 4) is 17.1 Å². The summed E-state index contributed by atoms with van der Waals surface area (Å²) in [4.78, 5) is 9.86. The number of oxazole rings is 1. The maximum Gasteiger partial charge on any atom is 0.227 e. The quantitative estimate of drug-likeness (QED) is 0.143. The van der Waals surface area contributed by atoms with Gasteiger partial charge in [0, 0.05) is 61.5 Å². The number of anilines is 6. The van der Waals surface area contributed by atoms with Gasteiger partial charge in [-0.25, -0.2) is 4.98 Å². The molecule has 13 rings (SSSR count). The highest BCUT2D eigenvalue weighted by molar-refractivity contribution is 6.19. The first-order chi connectivity index (χ1) is 32.7. The molecule has 0 unspecified atom stereocenters. The van der Waals surface area contributed by atoms with E-state index in [0.29, 0.717) is 5.89 Å². The third-order valence-electron chi connectivity index (χ3n) is 12.9. The Labute approximate surface area is 381 Å². The van der Waals surface area contributed by atoms with Crippen molar-refractivity contribution in [3.63, 3.8) is 0 Å². The number of rotatable bonds is 8. The Morgan fingerprint density at radius 2 is 0.833 bits per heavy atom. The van der Waals surface area contributed by atoms with Gasteiger partial charge in [0.05, 0.1) is 11.0 Å². The molecular weight excluding hydrogens is 805 g/mol.